The first kappa shape index (κ1) is 18.0. The molecule has 0 aliphatic carbocycles. The summed E-state index contributed by atoms with van der Waals surface area (Å²) < 4.78 is 1.11. The molecule has 1 amide bonds. The number of fused-ring (bicyclic) bond motifs is 4. The highest BCUT2D eigenvalue weighted by molar-refractivity contribution is 7.22. The zero-order valence-corrected chi connectivity index (χ0v) is 17.4. The average Bonchev–Trinajstić information content (AvgIpc) is 3.36. The Balaban J connectivity index is 1.43. The predicted molar refractivity (Wildman–Crippen MR) is 116 cm³/mol. The molecule has 1 aromatic carbocycles. The van der Waals surface area contributed by atoms with Crippen molar-refractivity contribution in [3.05, 3.63) is 46.2 Å². The van der Waals surface area contributed by atoms with Crippen molar-refractivity contribution in [2.75, 3.05) is 19.6 Å². The predicted octanol–water partition coefficient (Wildman–Crippen LogP) is 4.66. The van der Waals surface area contributed by atoms with Crippen LogP contribution in [0.5, 0.6) is 0 Å². The third-order valence-corrected chi connectivity index (χ3v) is 8.36. The highest BCUT2D eigenvalue weighted by Gasteiger charge is 2.35. The van der Waals surface area contributed by atoms with Crippen LogP contribution in [-0.2, 0) is 0 Å². The molecule has 0 radical (unpaired) electrons. The maximum Gasteiger partial charge on any atom is 0.261 e. The first-order valence-corrected chi connectivity index (χ1v) is 11.4. The number of thiophene rings is 2. The number of rotatable bonds is 4. The van der Waals surface area contributed by atoms with E-state index in [1.807, 2.05) is 24.3 Å². The SMILES string of the molecule is CC(=O)c1ccc(-c2cccc3cc(C(=O)N[C@H]4CN5CCC4CC5)sc23)s1. The van der Waals surface area contributed by atoms with Gasteiger partial charge in [0, 0.05) is 27.7 Å². The fraction of sp³-hybridized carbons (Fsp3) is 0.364. The molecule has 3 aliphatic heterocycles. The lowest BCUT2D eigenvalue weighted by atomic mass is 9.84. The molecule has 0 unspecified atom stereocenters. The maximum atomic E-state index is 12.9. The Bertz CT molecular complexity index is 1060. The standard InChI is InChI=1S/C22H22N2O2S2/c1-13(25)18-5-6-19(27-18)16-4-2-3-15-11-20(28-21(15)16)22(26)23-17-12-24-9-7-14(17)8-10-24/h2-6,11,14,17H,7-10,12H2,1H3,(H,23,26)/t17-/m0/s1. The molecule has 3 saturated heterocycles. The summed E-state index contributed by atoms with van der Waals surface area (Å²) in [6.45, 7) is 4.92. The second-order valence-corrected chi connectivity index (χ2v) is 9.91. The van der Waals surface area contributed by atoms with Crippen molar-refractivity contribution in [1.82, 2.24) is 10.2 Å². The van der Waals surface area contributed by atoms with Crippen LogP contribution in [0.3, 0.4) is 0 Å². The van der Waals surface area contributed by atoms with Crippen molar-refractivity contribution < 1.29 is 9.59 Å². The second-order valence-electron chi connectivity index (χ2n) is 7.77. The van der Waals surface area contributed by atoms with E-state index in [0.717, 1.165) is 36.8 Å². The van der Waals surface area contributed by atoms with Crippen LogP contribution in [0.15, 0.2) is 36.4 Å². The number of benzene rings is 1. The molecule has 3 fully saturated rings. The number of amides is 1. The fourth-order valence-corrected chi connectivity index (χ4v) is 6.50. The average molecular weight is 411 g/mol. The van der Waals surface area contributed by atoms with Gasteiger partial charge in [0.05, 0.1) is 9.75 Å². The number of nitrogens with zero attached hydrogens (tertiary/aromatic N) is 1. The van der Waals surface area contributed by atoms with Gasteiger partial charge in [-0.3, -0.25) is 9.59 Å². The van der Waals surface area contributed by atoms with Crippen molar-refractivity contribution in [1.29, 1.82) is 0 Å². The maximum absolute atomic E-state index is 12.9. The Kier molecular flexibility index (Phi) is 4.57. The van der Waals surface area contributed by atoms with Crippen LogP contribution in [0.1, 0.15) is 39.1 Å². The van der Waals surface area contributed by atoms with Gasteiger partial charge in [-0.25, -0.2) is 0 Å². The monoisotopic (exact) mass is 410 g/mol. The van der Waals surface area contributed by atoms with E-state index in [0.29, 0.717) is 5.92 Å². The van der Waals surface area contributed by atoms with E-state index >= 15 is 0 Å². The minimum atomic E-state index is 0.0431. The van der Waals surface area contributed by atoms with Crippen molar-refractivity contribution in [3.63, 3.8) is 0 Å². The smallest absolute Gasteiger partial charge is 0.261 e. The van der Waals surface area contributed by atoms with Crippen molar-refractivity contribution in [2.45, 2.75) is 25.8 Å². The highest BCUT2D eigenvalue weighted by Crippen LogP contribution is 2.38. The van der Waals surface area contributed by atoms with Gasteiger partial charge in [0.15, 0.2) is 5.78 Å². The van der Waals surface area contributed by atoms with E-state index in [1.165, 1.54) is 37.3 Å². The summed E-state index contributed by atoms with van der Waals surface area (Å²) >= 11 is 3.06. The van der Waals surface area contributed by atoms with Crippen LogP contribution in [0.4, 0.5) is 0 Å². The lowest BCUT2D eigenvalue weighted by molar-refractivity contribution is 0.0622. The van der Waals surface area contributed by atoms with Crippen LogP contribution in [0, 0.1) is 5.92 Å². The summed E-state index contributed by atoms with van der Waals surface area (Å²) in [6, 6.07) is 12.3. The molecule has 1 atom stereocenters. The van der Waals surface area contributed by atoms with Crippen molar-refractivity contribution in [2.24, 2.45) is 5.92 Å². The molecule has 3 aliphatic rings. The largest absolute Gasteiger partial charge is 0.347 e. The summed E-state index contributed by atoms with van der Waals surface area (Å²) in [5, 5.41) is 4.38. The van der Waals surface area contributed by atoms with Gasteiger partial charge in [0.1, 0.15) is 0 Å². The van der Waals surface area contributed by atoms with Crippen molar-refractivity contribution >= 4 is 44.5 Å². The van der Waals surface area contributed by atoms with Gasteiger partial charge < -0.3 is 10.2 Å². The molecular formula is C22H22N2O2S2. The van der Waals surface area contributed by atoms with Crippen LogP contribution < -0.4 is 5.32 Å². The quantitative estimate of drug-likeness (QED) is 0.637. The topological polar surface area (TPSA) is 49.4 Å². The van der Waals surface area contributed by atoms with Gasteiger partial charge in [-0.1, -0.05) is 18.2 Å². The third kappa shape index (κ3) is 3.19. The van der Waals surface area contributed by atoms with E-state index in [9.17, 15) is 9.59 Å². The van der Waals surface area contributed by atoms with E-state index in [4.69, 9.17) is 0 Å². The van der Waals surface area contributed by atoms with Gasteiger partial charge >= 0.3 is 0 Å². The molecule has 6 heteroatoms. The summed E-state index contributed by atoms with van der Waals surface area (Å²) in [5.74, 6) is 0.753. The molecular weight excluding hydrogens is 388 g/mol. The molecule has 1 N–H and O–H groups in total. The Hall–Kier alpha value is -2.02. The highest BCUT2D eigenvalue weighted by atomic mass is 32.1. The molecule has 6 rings (SSSR count). The molecule has 3 aromatic rings. The molecule has 2 bridgehead atoms. The first-order chi connectivity index (χ1) is 13.6. The van der Waals surface area contributed by atoms with Gasteiger partial charge in [-0.2, -0.15) is 0 Å². The molecule has 28 heavy (non-hydrogen) atoms. The number of nitrogens with one attached hydrogen (secondary N) is 1. The number of hydrogen-bond donors (Lipinski definition) is 1. The normalized spacial score (nSPS) is 23.8. The zero-order valence-electron chi connectivity index (χ0n) is 15.7. The van der Waals surface area contributed by atoms with Gasteiger partial charge in [-0.15, -0.1) is 22.7 Å². The number of hydrogen-bond acceptors (Lipinski definition) is 5. The Morgan fingerprint density at radius 3 is 2.57 bits per heavy atom. The molecule has 2 aromatic heterocycles. The minimum absolute atomic E-state index is 0.0431. The fourth-order valence-electron chi connectivity index (χ4n) is 4.41. The Morgan fingerprint density at radius 2 is 1.89 bits per heavy atom. The van der Waals surface area contributed by atoms with Crippen molar-refractivity contribution in [3.8, 4) is 10.4 Å². The molecule has 0 saturated carbocycles. The van der Waals surface area contributed by atoms with Crippen LogP contribution in [0.2, 0.25) is 0 Å². The lowest BCUT2D eigenvalue weighted by Crippen LogP contribution is -2.57. The van der Waals surface area contributed by atoms with Crippen LogP contribution in [-0.4, -0.2) is 42.3 Å². The first-order valence-electron chi connectivity index (χ1n) is 9.75. The van der Waals surface area contributed by atoms with Crippen LogP contribution in [0.25, 0.3) is 20.5 Å². The number of carbonyl (C=O) groups is 2. The zero-order chi connectivity index (χ0) is 19.3. The van der Waals surface area contributed by atoms with Crippen LogP contribution >= 0.6 is 22.7 Å². The third-order valence-electron chi connectivity index (χ3n) is 5.96. The summed E-state index contributed by atoms with van der Waals surface area (Å²) in [6.07, 6.45) is 2.39. The van der Waals surface area contributed by atoms with E-state index < -0.39 is 0 Å². The van der Waals surface area contributed by atoms with E-state index in [-0.39, 0.29) is 17.7 Å². The summed E-state index contributed by atoms with van der Waals surface area (Å²) in [7, 11) is 0. The molecule has 5 heterocycles. The number of piperidine rings is 3. The number of carbonyl (C=O) groups excluding carboxylic acids is 2. The van der Waals surface area contributed by atoms with Gasteiger partial charge in [-0.05, 0) is 62.4 Å². The lowest BCUT2D eigenvalue weighted by Gasteiger charge is -2.44. The second kappa shape index (κ2) is 7.10. The number of ketones is 1. The van der Waals surface area contributed by atoms with Gasteiger partial charge in [0.2, 0.25) is 0 Å². The number of Topliss-reactive ketones (excluding diaryl/α,β-unsaturated/α-hetero) is 1. The van der Waals surface area contributed by atoms with Gasteiger partial charge in [0.25, 0.3) is 5.91 Å². The molecule has 0 spiro atoms. The van der Waals surface area contributed by atoms with E-state index in [1.54, 1.807) is 18.3 Å². The van der Waals surface area contributed by atoms with E-state index in [2.05, 4.69) is 22.3 Å². The Labute approximate surface area is 172 Å². The summed E-state index contributed by atoms with van der Waals surface area (Å²) in [4.78, 5) is 29.6. The molecule has 144 valence electrons. The molecule has 4 nitrogen and oxygen atoms in total. The summed E-state index contributed by atoms with van der Waals surface area (Å²) in [5.41, 5.74) is 1.10. The Morgan fingerprint density at radius 1 is 1.07 bits per heavy atom. The minimum Gasteiger partial charge on any atom is -0.347 e.